The van der Waals surface area contributed by atoms with E-state index in [0.717, 1.165) is 0 Å². The number of hydrogen-bond donors (Lipinski definition) is 1. The molecule has 1 aromatic heterocycles. The Labute approximate surface area is 87.4 Å². The van der Waals surface area contributed by atoms with E-state index in [-0.39, 0.29) is 11.6 Å². The van der Waals surface area contributed by atoms with E-state index in [1.54, 1.807) is 20.0 Å². The Balaban J connectivity index is 2.86. The number of pyridine rings is 1. The second kappa shape index (κ2) is 5.26. The third kappa shape index (κ3) is 2.88. The van der Waals surface area contributed by atoms with E-state index in [1.807, 2.05) is 0 Å². The number of nitrogens with zero attached hydrogens (tertiary/aromatic N) is 2. The largest absolute Gasteiger partial charge is 0.471 e. The van der Waals surface area contributed by atoms with Crippen molar-refractivity contribution in [2.45, 2.75) is 6.92 Å². The van der Waals surface area contributed by atoms with E-state index in [4.69, 9.17) is 4.74 Å². The van der Waals surface area contributed by atoms with Crippen LogP contribution in [0.2, 0.25) is 0 Å². The molecule has 0 aliphatic rings. The van der Waals surface area contributed by atoms with Gasteiger partial charge in [0.1, 0.15) is 6.61 Å². The minimum absolute atomic E-state index is 0.0615. The van der Waals surface area contributed by atoms with Crippen molar-refractivity contribution in [3.05, 3.63) is 27.9 Å². The van der Waals surface area contributed by atoms with Gasteiger partial charge in [-0.25, -0.2) is 4.98 Å². The van der Waals surface area contributed by atoms with Crippen molar-refractivity contribution >= 4 is 5.69 Å². The zero-order valence-corrected chi connectivity index (χ0v) is 8.69. The van der Waals surface area contributed by atoms with Crippen LogP contribution in [-0.4, -0.2) is 30.1 Å². The minimum atomic E-state index is -0.475. The number of hydrogen-bond acceptors (Lipinski definition) is 5. The standard InChI is InChI=1S/C9H13N3O3/c1-7-3-4-11-9(8(7)12(13)14)15-6-5-10-2/h3-4,10H,5-6H2,1-2H3. The molecule has 1 heterocycles. The molecule has 0 unspecified atom stereocenters. The van der Waals surface area contributed by atoms with Crippen LogP contribution in [0.15, 0.2) is 12.3 Å². The van der Waals surface area contributed by atoms with E-state index < -0.39 is 4.92 Å². The molecule has 1 aromatic rings. The van der Waals surface area contributed by atoms with Gasteiger partial charge in [-0.3, -0.25) is 10.1 Å². The van der Waals surface area contributed by atoms with Crippen molar-refractivity contribution in [2.24, 2.45) is 0 Å². The fraction of sp³-hybridized carbons (Fsp3) is 0.444. The van der Waals surface area contributed by atoms with Gasteiger partial charge >= 0.3 is 5.69 Å². The molecule has 0 saturated carbocycles. The first kappa shape index (κ1) is 11.4. The van der Waals surface area contributed by atoms with Crippen LogP contribution in [-0.2, 0) is 0 Å². The third-order valence-electron chi connectivity index (χ3n) is 1.87. The van der Waals surface area contributed by atoms with Gasteiger partial charge in [0.05, 0.1) is 4.92 Å². The van der Waals surface area contributed by atoms with Crippen molar-refractivity contribution in [3.8, 4) is 5.88 Å². The van der Waals surface area contributed by atoms with Crippen LogP contribution < -0.4 is 10.1 Å². The maximum atomic E-state index is 10.7. The van der Waals surface area contributed by atoms with Crippen molar-refractivity contribution in [3.63, 3.8) is 0 Å². The van der Waals surface area contributed by atoms with Crippen LogP contribution in [0.4, 0.5) is 5.69 Å². The lowest BCUT2D eigenvalue weighted by Gasteiger charge is -2.06. The molecule has 0 radical (unpaired) electrons. The van der Waals surface area contributed by atoms with Gasteiger partial charge < -0.3 is 10.1 Å². The fourth-order valence-corrected chi connectivity index (χ4v) is 1.10. The molecule has 0 aromatic carbocycles. The molecule has 1 N–H and O–H groups in total. The summed E-state index contributed by atoms with van der Waals surface area (Å²) in [5, 5.41) is 13.6. The van der Waals surface area contributed by atoms with Gasteiger partial charge in [0.25, 0.3) is 5.88 Å². The smallest absolute Gasteiger partial charge is 0.333 e. The lowest BCUT2D eigenvalue weighted by Crippen LogP contribution is -2.17. The molecule has 1 rings (SSSR count). The van der Waals surface area contributed by atoms with Crippen molar-refractivity contribution < 1.29 is 9.66 Å². The van der Waals surface area contributed by atoms with E-state index >= 15 is 0 Å². The van der Waals surface area contributed by atoms with Gasteiger partial charge in [-0.2, -0.15) is 0 Å². The number of likely N-dealkylation sites (N-methyl/N-ethyl adjacent to an activating group) is 1. The first-order chi connectivity index (χ1) is 7.16. The van der Waals surface area contributed by atoms with Crippen molar-refractivity contribution in [2.75, 3.05) is 20.2 Å². The molecular weight excluding hydrogens is 198 g/mol. The predicted octanol–water partition coefficient (Wildman–Crippen LogP) is 0.896. The molecule has 0 atom stereocenters. The van der Waals surface area contributed by atoms with Gasteiger partial charge in [-0.15, -0.1) is 0 Å². The summed E-state index contributed by atoms with van der Waals surface area (Å²) in [6.45, 7) is 2.63. The molecule has 15 heavy (non-hydrogen) atoms. The molecule has 0 saturated heterocycles. The summed E-state index contributed by atoms with van der Waals surface area (Å²) < 4.78 is 5.20. The van der Waals surface area contributed by atoms with Crippen LogP contribution >= 0.6 is 0 Å². The highest BCUT2D eigenvalue weighted by atomic mass is 16.6. The highest BCUT2D eigenvalue weighted by Gasteiger charge is 2.19. The highest BCUT2D eigenvalue weighted by molar-refractivity contribution is 5.47. The maximum absolute atomic E-state index is 10.7. The average Bonchev–Trinajstić information content (AvgIpc) is 2.17. The monoisotopic (exact) mass is 211 g/mol. The van der Waals surface area contributed by atoms with E-state index in [2.05, 4.69) is 10.3 Å². The summed E-state index contributed by atoms with van der Waals surface area (Å²) in [6, 6.07) is 1.59. The van der Waals surface area contributed by atoms with E-state index in [1.165, 1.54) is 6.20 Å². The van der Waals surface area contributed by atoms with E-state index in [9.17, 15) is 10.1 Å². The van der Waals surface area contributed by atoms with Gasteiger partial charge in [0, 0.05) is 18.3 Å². The van der Waals surface area contributed by atoms with Crippen molar-refractivity contribution in [1.82, 2.24) is 10.3 Å². The Hall–Kier alpha value is -1.69. The quantitative estimate of drug-likeness (QED) is 0.444. The zero-order valence-electron chi connectivity index (χ0n) is 8.69. The second-order valence-electron chi connectivity index (χ2n) is 2.99. The molecular formula is C9H13N3O3. The van der Waals surface area contributed by atoms with Gasteiger partial charge in [0.15, 0.2) is 0 Å². The number of ether oxygens (including phenoxy) is 1. The average molecular weight is 211 g/mol. The number of nitrogens with one attached hydrogen (secondary N) is 1. The summed E-state index contributed by atoms with van der Waals surface area (Å²) in [6.07, 6.45) is 1.50. The summed E-state index contributed by atoms with van der Waals surface area (Å²) >= 11 is 0. The highest BCUT2D eigenvalue weighted by Crippen LogP contribution is 2.27. The third-order valence-corrected chi connectivity index (χ3v) is 1.87. The summed E-state index contributed by atoms with van der Waals surface area (Å²) in [5.41, 5.74) is 0.489. The Bertz CT molecular complexity index is 354. The number of aryl methyl sites for hydroxylation is 1. The minimum Gasteiger partial charge on any atom is -0.471 e. The lowest BCUT2D eigenvalue weighted by molar-refractivity contribution is -0.386. The normalized spacial score (nSPS) is 10.0. The van der Waals surface area contributed by atoms with Gasteiger partial charge in [-0.05, 0) is 20.0 Å². The van der Waals surface area contributed by atoms with Gasteiger partial charge in [-0.1, -0.05) is 0 Å². The fourth-order valence-electron chi connectivity index (χ4n) is 1.10. The SMILES string of the molecule is CNCCOc1nccc(C)c1[N+](=O)[O-]. The summed E-state index contributed by atoms with van der Waals surface area (Å²) in [7, 11) is 1.78. The Morgan fingerprint density at radius 2 is 2.40 bits per heavy atom. The number of nitro groups is 1. The Kier molecular flexibility index (Phi) is 3.99. The number of rotatable bonds is 5. The molecule has 6 heteroatoms. The zero-order chi connectivity index (χ0) is 11.3. The summed E-state index contributed by atoms with van der Waals surface area (Å²) in [5.74, 6) is 0.0789. The Morgan fingerprint density at radius 3 is 3.00 bits per heavy atom. The maximum Gasteiger partial charge on any atom is 0.333 e. The molecule has 6 nitrogen and oxygen atoms in total. The molecule has 0 fully saturated rings. The molecule has 0 spiro atoms. The predicted molar refractivity (Wildman–Crippen MR) is 55.1 cm³/mol. The first-order valence-electron chi connectivity index (χ1n) is 4.54. The second-order valence-corrected chi connectivity index (χ2v) is 2.99. The first-order valence-corrected chi connectivity index (χ1v) is 4.54. The molecule has 0 amide bonds. The van der Waals surface area contributed by atoms with Crippen LogP contribution in [0.5, 0.6) is 5.88 Å². The lowest BCUT2D eigenvalue weighted by atomic mass is 10.2. The molecule has 0 aliphatic carbocycles. The summed E-state index contributed by atoms with van der Waals surface area (Å²) in [4.78, 5) is 14.1. The van der Waals surface area contributed by atoms with Crippen LogP contribution in [0, 0.1) is 17.0 Å². The van der Waals surface area contributed by atoms with Crippen molar-refractivity contribution in [1.29, 1.82) is 0 Å². The van der Waals surface area contributed by atoms with Crippen LogP contribution in [0.3, 0.4) is 0 Å². The van der Waals surface area contributed by atoms with Gasteiger partial charge in [0.2, 0.25) is 0 Å². The molecule has 0 aliphatic heterocycles. The van der Waals surface area contributed by atoms with E-state index in [0.29, 0.717) is 18.7 Å². The van der Waals surface area contributed by atoms with Crippen LogP contribution in [0.25, 0.3) is 0 Å². The topological polar surface area (TPSA) is 77.3 Å². The molecule has 0 bridgehead atoms. The van der Waals surface area contributed by atoms with Crippen LogP contribution in [0.1, 0.15) is 5.56 Å². The number of aromatic nitrogens is 1. The Morgan fingerprint density at radius 1 is 1.67 bits per heavy atom. The molecule has 82 valence electrons.